The first kappa shape index (κ1) is 16.5. The molecule has 0 saturated carbocycles. The smallest absolute Gasteiger partial charge is 0.163 e. The number of nitrogens with zero attached hydrogens (tertiary/aromatic N) is 5. The van der Waals surface area contributed by atoms with Crippen molar-refractivity contribution in [2.75, 3.05) is 19.7 Å². The summed E-state index contributed by atoms with van der Waals surface area (Å²) >= 11 is 0. The van der Waals surface area contributed by atoms with E-state index < -0.39 is 0 Å². The first-order valence-corrected chi connectivity index (χ1v) is 8.55. The number of hydrogen-bond donors (Lipinski definition) is 1. The predicted octanol–water partition coefficient (Wildman–Crippen LogP) is 1.51. The molecule has 1 unspecified atom stereocenters. The van der Waals surface area contributed by atoms with Crippen molar-refractivity contribution in [2.24, 2.45) is 7.05 Å². The van der Waals surface area contributed by atoms with Crippen molar-refractivity contribution < 1.29 is 4.74 Å². The number of benzene rings is 1. The van der Waals surface area contributed by atoms with Crippen molar-refractivity contribution >= 4 is 0 Å². The van der Waals surface area contributed by atoms with Gasteiger partial charge >= 0.3 is 0 Å². The lowest BCUT2D eigenvalue weighted by molar-refractivity contribution is -0.0385. The molecule has 1 aliphatic rings. The van der Waals surface area contributed by atoms with Gasteiger partial charge in [-0.25, -0.2) is 0 Å². The van der Waals surface area contributed by atoms with Crippen LogP contribution in [0, 0.1) is 11.8 Å². The molecule has 1 saturated heterocycles. The van der Waals surface area contributed by atoms with E-state index in [2.05, 4.69) is 61.4 Å². The van der Waals surface area contributed by atoms with E-state index in [0.29, 0.717) is 6.61 Å². The number of aryl methyl sites for hydroxylation is 1. The summed E-state index contributed by atoms with van der Waals surface area (Å²) in [4.78, 5) is 2.38. The minimum atomic E-state index is -0.0312. The molecule has 7 nitrogen and oxygen atoms in total. The highest BCUT2D eigenvalue weighted by molar-refractivity contribution is 5.41. The molecule has 0 bridgehead atoms. The molecule has 3 aromatic rings. The van der Waals surface area contributed by atoms with Crippen molar-refractivity contribution in [3.8, 4) is 11.8 Å². The average Bonchev–Trinajstić information content (AvgIpc) is 3.33. The highest BCUT2D eigenvalue weighted by atomic mass is 16.5. The molecule has 7 heteroatoms. The Morgan fingerprint density at radius 1 is 1.23 bits per heavy atom. The van der Waals surface area contributed by atoms with Crippen molar-refractivity contribution in [3.63, 3.8) is 0 Å². The molecule has 3 heterocycles. The summed E-state index contributed by atoms with van der Waals surface area (Å²) in [5.41, 5.74) is 3.14. The largest absolute Gasteiger partial charge is 0.368 e. The van der Waals surface area contributed by atoms with Gasteiger partial charge in [-0.15, -0.1) is 10.2 Å². The monoisotopic (exact) mass is 348 g/mol. The highest BCUT2D eigenvalue weighted by Gasteiger charge is 2.25. The Morgan fingerprint density at radius 2 is 2.08 bits per heavy atom. The van der Waals surface area contributed by atoms with Gasteiger partial charge < -0.3 is 9.30 Å². The predicted molar refractivity (Wildman–Crippen MR) is 96.0 cm³/mol. The summed E-state index contributed by atoms with van der Waals surface area (Å²) in [5, 5.41) is 14.8. The molecule has 132 valence electrons. The zero-order valence-electron chi connectivity index (χ0n) is 14.6. The number of H-pyrrole nitrogens is 1. The van der Waals surface area contributed by atoms with E-state index in [1.54, 1.807) is 18.7 Å². The molecular weight excluding hydrogens is 328 g/mol. The van der Waals surface area contributed by atoms with Crippen LogP contribution in [0.1, 0.15) is 28.6 Å². The molecule has 1 N–H and O–H groups in total. The van der Waals surface area contributed by atoms with E-state index >= 15 is 0 Å². The molecule has 0 radical (unpaired) electrons. The number of morpholine rings is 1. The van der Waals surface area contributed by atoms with Gasteiger partial charge in [0.1, 0.15) is 12.4 Å². The first-order chi connectivity index (χ1) is 12.8. The summed E-state index contributed by atoms with van der Waals surface area (Å²) in [6.07, 6.45) is 5.18. The van der Waals surface area contributed by atoms with Gasteiger partial charge in [0.25, 0.3) is 0 Å². The topological polar surface area (TPSA) is 71.9 Å². The Balaban J connectivity index is 1.38. The maximum absolute atomic E-state index is 5.87. The van der Waals surface area contributed by atoms with Gasteiger partial charge in [-0.05, 0) is 17.7 Å². The van der Waals surface area contributed by atoms with E-state index in [1.807, 2.05) is 11.6 Å². The van der Waals surface area contributed by atoms with E-state index in [4.69, 9.17) is 4.74 Å². The van der Waals surface area contributed by atoms with Gasteiger partial charge in [-0.3, -0.25) is 10.00 Å². The summed E-state index contributed by atoms with van der Waals surface area (Å²) in [6, 6.07) is 8.38. The highest BCUT2D eigenvalue weighted by Crippen LogP contribution is 2.21. The van der Waals surface area contributed by atoms with Crippen LogP contribution >= 0.6 is 0 Å². The normalized spacial score (nSPS) is 17.7. The molecule has 0 amide bonds. The molecule has 2 aromatic heterocycles. The Kier molecular flexibility index (Phi) is 4.78. The summed E-state index contributed by atoms with van der Waals surface area (Å²) in [6.45, 7) is 3.31. The van der Waals surface area contributed by atoms with Crippen LogP contribution in [0.15, 0.2) is 43.0 Å². The van der Waals surface area contributed by atoms with Crippen LogP contribution < -0.4 is 0 Å². The minimum Gasteiger partial charge on any atom is -0.368 e. The second-order valence-electron chi connectivity index (χ2n) is 6.33. The lowest BCUT2D eigenvalue weighted by Crippen LogP contribution is -2.38. The zero-order chi connectivity index (χ0) is 17.8. The maximum Gasteiger partial charge on any atom is 0.163 e. The quantitative estimate of drug-likeness (QED) is 0.727. The third-order valence-electron chi connectivity index (χ3n) is 4.39. The Bertz CT molecular complexity index is 904. The molecule has 1 atom stereocenters. The first-order valence-electron chi connectivity index (χ1n) is 8.55. The zero-order valence-corrected chi connectivity index (χ0v) is 14.6. The van der Waals surface area contributed by atoms with Gasteiger partial charge in [-0.1, -0.05) is 24.0 Å². The van der Waals surface area contributed by atoms with Crippen molar-refractivity contribution in [2.45, 2.75) is 12.6 Å². The van der Waals surface area contributed by atoms with Gasteiger partial charge in [0.15, 0.2) is 5.82 Å². The van der Waals surface area contributed by atoms with E-state index in [9.17, 15) is 0 Å². The van der Waals surface area contributed by atoms with Gasteiger partial charge in [0, 0.05) is 38.4 Å². The summed E-state index contributed by atoms with van der Waals surface area (Å²) < 4.78 is 7.78. The van der Waals surface area contributed by atoms with Crippen molar-refractivity contribution in [3.05, 3.63) is 65.5 Å². The molecule has 0 aliphatic carbocycles. The number of nitrogens with one attached hydrogen (secondary N) is 1. The maximum atomic E-state index is 5.87. The number of rotatable bonds is 3. The van der Waals surface area contributed by atoms with Crippen LogP contribution in [0.25, 0.3) is 0 Å². The molecular formula is C19H20N6O. The lowest BCUT2D eigenvalue weighted by atomic mass is 10.1. The van der Waals surface area contributed by atoms with Crippen LogP contribution in [0.5, 0.6) is 0 Å². The Morgan fingerprint density at radius 3 is 2.81 bits per heavy atom. The molecule has 0 spiro atoms. The van der Waals surface area contributed by atoms with Gasteiger partial charge in [0.05, 0.1) is 18.4 Å². The molecule has 1 aromatic carbocycles. The number of hydrogen-bond acceptors (Lipinski definition) is 5. The number of ether oxygens (including phenoxy) is 1. The van der Waals surface area contributed by atoms with Crippen LogP contribution in [0.3, 0.4) is 0 Å². The van der Waals surface area contributed by atoms with Crippen LogP contribution in [0.4, 0.5) is 0 Å². The van der Waals surface area contributed by atoms with Crippen molar-refractivity contribution in [1.29, 1.82) is 0 Å². The van der Waals surface area contributed by atoms with Crippen LogP contribution in [-0.2, 0) is 18.3 Å². The van der Waals surface area contributed by atoms with E-state index in [0.717, 1.165) is 36.6 Å². The lowest BCUT2D eigenvalue weighted by Gasteiger charge is -2.32. The molecule has 4 rings (SSSR count). The average molecular weight is 348 g/mol. The third kappa shape index (κ3) is 3.82. The SMILES string of the molecule is Cn1cnnc1C1CN(Cc2ccc(C#Cc3cn[nH]c3)cc2)CCO1. The van der Waals surface area contributed by atoms with Gasteiger partial charge in [-0.2, -0.15) is 5.10 Å². The van der Waals surface area contributed by atoms with E-state index in [1.165, 1.54) is 5.56 Å². The fourth-order valence-electron chi connectivity index (χ4n) is 3.00. The van der Waals surface area contributed by atoms with E-state index in [-0.39, 0.29) is 6.10 Å². The molecule has 26 heavy (non-hydrogen) atoms. The number of aromatic nitrogens is 5. The Labute approximate surface area is 152 Å². The molecule has 1 fully saturated rings. The van der Waals surface area contributed by atoms with Gasteiger partial charge in [0.2, 0.25) is 0 Å². The summed E-state index contributed by atoms with van der Waals surface area (Å²) in [5.74, 6) is 7.11. The van der Waals surface area contributed by atoms with Crippen LogP contribution in [0.2, 0.25) is 0 Å². The fraction of sp³-hybridized carbons (Fsp3) is 0.316. The van der Waals surface area contributed by atoms with Crippen LogP contribution in [-0.4, -0.2) is 49.6 Å². The fourth-order valence-corrected chi connectivity index (χ4v) is 3.00. The second-order valence-corrected chi connectivity index (χ2v) is 6.33. The number of aromatic amines is 1. The third-order valence-corrected chi connectivity index (χ3v) is 4.39. The Hall–Kier alpha value is -2.95. The summed E-state index contributed by atoms with van der Waals surface area (Å²) in [7, 11) is 1.95. The van der Waals surface area contributed by atoms with Crippen molar-refractivity contribution in [1.82, 2.24) is 29.9 Å². The molecule has 1 aliphatic heterocycles. The second kappa shape index (κ2) is 7.52. The standard InChI is InChI=1S/C19H20N6O/c1-24-14-22-23-19(24)18-13-25(8-9-26-18)12-16-5-2-15(3-6-16)4-7-17-10-20-21-11-17/h2-3,5-6,10-11,14,18H,8-9,12-13H2,1H3,(H,20,21). The minimum absolute atomic E-state index is 0.0312.